The average molecular weight is 412 g/mol. The van der Waals surface area contributed by atoms with Gasteiger partial charge in [0.25, 0.3) is 0 Å². The number of anilines is 1. The van der Waals surface area contributed by atoms with Crippen LogP contribution in [0.3, 0.4) is 0 Å². The van der Waals surface area contributed by atoms with Gasteiger partial charge >= 0.3 is 0 Å². The lowest BCUT2D eigenvalue weighted by molar-refractivity contribution is -0.126. The molecule has 1 aliphatic rings. The van der Waals surface area contributed by atoms with E-state index in [1.165, 1.54) is 0 Å². The maximum Gasteiger partial charge on any atom is 0.247 e. The largest absolute Gasteiger partial charge is 0.329 e. The number of likely N-dealkylation sites (N-methyl/N-ethyl adjacent to an activating group) is 1. The Balaban J connectivity index is 1.51. The van der Waals surface area contributed by atoms with Gasteiger partial charge < -0.3 is 9.80 Å². The Hall–Kier alpha value is -3.73. The normalized spacial score (nSPS) is 14.7. The zero-order chi connectivity index (χ0) is 21.6. The van der Waals surface area contributed by atoms with Crippen molar-refractivity contribution in [2.45, 2.75) is 18.9 Å². The molecule has 5 nitrogen and oxygen atoms in total. The Bertz CT molecular complexity index is 1020. The van der Waals surface area contributed by atoms with Crippen LogP contribution in [0.4, 0.5) is 5.69 Å². The molecule has 156 valence electrons. The van der Waals surface area contributed by atoms with E-state index in [4.69, 9.17) is 0 Å². The number of hydrogen-bond donors (Lipinski definition) is 0. The first kappa shape index (κ1) is 20.5. The molecule has 0 aliphatic carbocycles. The Morgan fingerprint density at radius 1 is 1.03 bits per heavy atom. The molecular formula is C26H25N3O2. The van der Waals surface area contributed by atoms with Crippen LogP contribution in [0.2, 0.25) is 0 Å². The van der Waals surface area contributed by atoms with Crippen LogP contribution in [0.5, 0.6) is 0 Å². The Labute approximate surface area is 182 Å². The summed E-state index contributed by atoms with van der Waals surface area (Å²) in [6.45, 7) is 0.770. The SMILES string of the molecule is CN(C(=O)/C=C/c1ccc(N2CCCC2=O)cc1)C(c1ccccc1)c1ccccn1. The van der Waals surface area contributed by atoms with Crippen LogP contribution >= 0.6 is 0 Å². The highest BCUT2D eigenvalue weighted by atomic mass is 16.2. The zero-order valence-electron chi connectivity index (χ0n) is 17.5. The molecule has 1 fully saturated rings. The predicted octanol–water partition coefficient (Wildman–Crippen LogP) is 4.47. The van der Waals surface area contributed by atoms with Crippen molar-refractivity contribution in [3.63, 3.8) is 0 Å². The van der Waals surface area contributed by atoms with Gasteiger partial charge in [-0.25, -0.2) is 0 Å². The van der Waals surface area contributed by atoms with Crippen molar-refractivity contribution in [2.75, 3.05) is 18.5 Å². The molecule has 0 N–H and O–H groups in total. The summed E-state index contributed by atoms with van der Waals surface area (Å²) in [5.74, 6) is 0.0554. The van der Waals surface area contributed by atoms with E-state index in [0.29, 0.717) is 6.42 Å². The van der Waals surface area contributed by atoms with Crippen molar-refractivity contribution in [2.24, 2.45) is 0 Å². The summed E-state index contributed by atoms with van der Waals surface area (Å²) in [5, 5.41) is 0. The van der Waals surface area contributed by atoms with Gasteiger partial charge in [0.2, 0.25) is 11.8 Å². The van der Waals surface area contributed by atoms with Crippen LogP contribution in [0.25, 0.3) is 6.08 Å². The highest BCUT2D eigenvalue weighted by molar-refractivity contribution is 5.95. The van der Waals surface area contributed by atoms with Crippen LogP contribution in [-0.4, -0.2) is 35.3 Å². The van der Waals surface area contributed by atoms with Crippen molar-refractivity contribution >= 4 is 23.6 Å². The first-order chi connectivity index (χ1) is 15.1. The number of nitrogens with zero attached hydrogens (tertiary/aromatic N) is 3. The van der Waals surface area contributed by atoms with E-state index in [0.717, 1.165) is 35.5 Å². The minimum atomic E-state index is -0.275. The highest BCUT2D eigenvalue weighted by Crippen LogP contribution is 2.26. The van der Waals surface area contributed by atoms with Crippen molar-refractivity contribution in [3.8, 4) is 0 Å². The van der Waals surface area contributed by atoms with Gasteiger partial charge in [-0.05, 0) is 47.9 Å². The molecular weight excluding hydrogens is 386 g/mol. The second-order valence-electron chi connectivity index (χ2n) is 7.59. The Kier molecular flexibility index (Phi) is 6.22. The Morgan fingerprint density at radius 3 is 2.42 bits per heavy atom. The fourth-order valence-corrected chi connectivity index (χ4v) is 3.86. The van der Waals surface area contributed by atoms with Crippen LogP contribution in [0, 0.1) is 0 Å². The number of hydrogen-bond acceptors (Lipinski definition) is 3. The number of aromatic nitrogens is 1. The van der Waals surface area contributed by atoms with Gasteiger partial charge in [-0.15, -0.1) is 0 Å². The molecule has 2 amide bonds. The summed E-state index contributed by atoms with van der Waals surface area (Å²) in [7, 11) is 1.79. The quantitative estimate of drug-likeness (QED) is 0.563. The Morgan fingerprint density at radius 2 is 1.77 bits per heavy atom. The fourth-order valence-electron chi connectivity index (χ4n) is 3.86. The first-order valence-corrected chi connectivity index (χ1v) is 10.4. The smallest absolute Gasteiger partial charge is 0.247 e. The van der Waals surface area contributed by atoms with E-state index in [-0.39, 0.29) is 17.9 Å². The topological polar surface area (TPSA) is 53.5 Å². The van der Waals surface area contributed by atoms with Gasteiger partial charge in [0.1, 0.15) is 0 Å². The molecule has 1 saturated heterocycles. The number of benzene rings is 2. The summed E-state index contributed by atoms with van der Waals surface area (Å²) in [4.78, 5) is 32.9. The van der Waals surface area contributed by atoms with Gasteiger partial charge in [-0.1, -0.05) is 48.5 Å². The van der Waals surface area contributed by atoms with E-state index in [1.54, 1.807) is 30.3 Å². The third kappa shape index (κ3) is 4.72. The third-order valence-corrected chi connectivity index (χ3v) is 5.51. The molecule has 0 bridgehead atoms. The second-order valence-corrected chi connectivity index (χ2v) is 7.59. The molecule has 1 unspecified atom stereocenters. The molecule has 31 heavy (non-hydrogen) atoms. The lowest BCUT2D eigenvalue weighted by Gasteiger charge is -2.27. The molecule has 1 atom stereocenters. The molecule has 0 saturated carbocycles. The second kappa shape index (κ2) is 9.39. The van der Waals surface area contributed by atoms with Gasteiger partial charge in [0, 0.05) is 38.0 Å². The minimum absolute atomic E-state index is 0.113. The highest BCUT2D eigenvalue weighted by Gasteiger charge is 2.23. The summed E-state index contributed by atoms with van der Waals surface area (Å²) in [6.07, 6.45) is 6.64. The van der Waals surface area contributed by atoms with Gasteiger partial charge in [-0.2, -0.15) is 0 Å². The molecule has 4 rings (SSSR count). The number of amides is 2. The van der Waals surface area contributed by atoms with Gasteiger partial charge in [0.05, 0.1) is 11.7 Å². The van der Waals surface area contributed by atoms with Gasteiger partial charge in [-0.3, -0.25) is 14.6 Å². The van der Waals surface area contributed by atoms with Gasteiger partial charge in [0.15, 0.2) is 0 Å². The molecule has 1 aliphatic heterocycles. The monoisotopic (exact) mass is 411 g/mol. The summed E-state index contributed by atoms with van der Waals surface area (Å²) in [6, 6.07) is 23.1. The van der Waals surface area contributed by atoms with Crippen molar-refractivity contribution < 1.29 is 9.59 Å². The summed E-state index contributed by atoms with van der Waals surface area (Å²) < 4.78 is 0. The van der Waals surface area contributed by atoms with Crippen LogP contribution < -0.4 is 4.90 Å². The summed E-state index contributed by atoms with van der Waals surface area (Å²) >= 11 is 0. The number of pyridine rings is 1. The van der Waals surface area contributed by atoms with E-state index < -0.39 is 0 Å². The standard InChI is InChI=1S/C26H25N3O2/c1-28(26(21-8-3-2-4-9-21)23-10-5-6-18-27-23)24(30)17-14-20-12-15-22(16-13-20)29-19-7-11-25(29)31/h2-6,8-10,12-18,26H,7,11,19H2,1H3/b17-14+. The van der Waals surface area contributed by atoms with Crippen LogP contribution in [0.1, 0.15) is 35.7 Å². The molecule has 3 aromatic rings. The van der Waals surface area contributed by atoms with E-state index in [2.05, 4.69) is 4.98 Å². The van der Waals surface area contributed by atoms with Crippen LogP contribution in [-0.2, 0) is 9.59 Å². The van der Waals surface area contributed by atoms with Crippen molar-refractivity contribution in [1.82, 2.24) is 9.88 Å². The fraction of sp³-hybridized carbons (Fsp3) is 0.192. The van der Waals surface area contributed by atoms with E-state index in [1.807, 2.05) is 77.7 Å². The van der Waals surface area contributed by atoms with Crippen molar-refractivity contribution in [1.29, 1.82) is 0 Å². The van der Waals surface area contributed by atoms with Crippen LogP contribution in [0.15, 0.2) is 85.1 Å². The molecule has 2 heterocycles. The van der Waals surface area contributed by atoms with E-state index in [9.17, 15) is 9.59 Å². The zero-order valence-corrected chi connectivity index (χ0v) is 17.5. The summed E-state index contributed by atoms with van der Waals surface area (Å²) in [5.41, 5.74) is 3.64. The minimum Gasteiger partial charge on any atom is -0.329 e. The van der Waals surface area contributed by atoms with Crippen molar-refractivity contribution in [3.05, 3.63) is 102 Å². The molecule has 0 radical (unpaired) electrons. The number of rotatable bonds is 6. The predicted molar refractivity (Wildman–Crippen MR) is 122 cm³/mol. The lowest BCUT2D eigenvalue weighted by Crippen LogP contribution is -2.31. The molecule has 1 aromatic heterocycles. The molecule has 2 aromatic carbocycles. The van der Waals surface area contributed by atoms with E-state index >= 15 is 0 Å². The average Bonchev–Trinajstić information content (AvgIpc) is 3.25. The maximum atomic E-state index is 13.0. The number of carbonyl (C=O) groups excluding carboxylic acids is 2. The molecule has 0 spiro atoms. The molecule has 5 heteroatoms. The number of carbonyl (C=O) groups is 2. The maximum absolute atomic E-state index is 13.0. The first-order valence-electron chi connectivity index (χ1n) is 10.4. The lowest BCUT2D eigenvalue weighted by atomic mass is 10.0. The third-order valence-electron chi connectivity index (χ3n) is 5.51.